The molecule has 0 bridgehead atoms. The Labute approximate surface area is 190 Å². The van der Waals surface area contributed by atoms with Gasteiger partial charge in [-0.3, -0.25) is 5.32 Å². The average molecular weight is 508 g/mol. The molecule has 0 unspecified atom stereocenters. The van der Waals surface area contributed by atoms with E-state index in [0.717, 1.165) is 28.2 Å². The number of halogens is 2. The van der Waals surface area contributed by atoms with Crippen LogP contribution in [0.15, 0.2) is 27.9 Å². The number of anilines is 1. The summed E-state index contributed by atoms with van der Waals surface area (Å²) >= 11 is 13.9. The van der Waals surface area contributed by atoms with Gasteiger partial charge in [-0.25, -0.2) is 18.2 Å². The first-order valence-corrected chi connectivity index (χ1v) is 12.3. The van der Waals surface area contributed by atoms with Gasteiger partial charge in [0.2, 0.25) is 14.2 Å². The fourth-order valence-electron chi connectivity index (χ4n) is 2.21. The van der Waals surface area contributed by atoms with Crippen LogP contribution in [0.1, 0.15) is 16.3 Å². The lowest BCUT2D eigenvalue weighted by Crippen LogP contribution is -2.28. The zero-order valence-electron chi connectivity index (χ0n) is 15.4. The number of amides is 2. The summed E-state index contributed by atoms with van der Waals surface area (Å²) in [6.07, 6.45) is 0. The molecule has 0 radical (unpaired) electrons. The quantitative estimate of drug-likeness (QED) is 0.475. The third-order valence-corrected chi connectivity index (χ3v) is 8.07. The molecule has 30 heavy (non-hydrogen) atoms. The molecule has 3 rings (SSSR count). The van der Waals surface area contributed by atoms with E-state index in [1.54, 1.807) is 23.6 Å². The van der Waals surface area contributed by atoms with Crippen LogP contribution in [0.2, 0.25) is 10.0 Å². The predicted octanol–water partition coefficient (Wildman–Crippen LogP) is 3.74. The molecular weight excluding hydrogens is 493 g/mol. The number of hydrogen-bond acceptors (Lipinski definition) is 9. The molecule has 0 aliphatic carbocycles. The van der Waals surface area contributed by atoms with Gasteiger partial charge in [0.05, 0.1) is 22.3 Å². The number of benzene rings is 1. The van der Waals surface area contributed by atoms with Crippen LogP contribution >= 0.6 is 45.9 Å². The smallest absolute Gasteiger partial charge is 0.321 e. The van der Waals surface area contributed by atoms with Crippen molar-refractivity contribution in [1.82, 2.24) is 20.5 Å². The van der Waals surface area contributed by atoms with E-state index < -0.39 is 15.9 Å². The molecule has 2 N–H and O–H groups in total. The number of nitrogens with zero attached hydrogens (tertiary/aromatic N) is 3. The molecule has 2 heterocycles. The lowest BCUT2D eigenvalue weighted by atomic mass is 10.2. The summed E-state index contributed by atoms with van der Waals surface area (Å²) < 4.78 is 29.8. The highest BCUT2D eigenvalue weighted by Gasteiger charge is 2.22. The fraction of sp³-hybridized carbons (Fsp3) is 0.250. The number of methoxy groups -OCH3 is 1. The first-order chi connectivity index (χ1) is 14.3. The van der Waals surface area contributed by atoms with Crippen molar-refractivity contribution in [2.75, 3.05) is 12.4 Å². The van der Waals surface area contributed by atoms with Gasteiger partial charge in [0.1, 0.15) is 10.8 Å². The molecule has 0 atom stereocenters. The number of nitrogens with one attached hydrogen (secondary N) is 2. The first kappa shape index (κ1) is 22.8. The average Bonchev–Trinajstić information content (AvgIpc) is 3.33. The molecule has 0 spiro atoms. The normalized spacial score (nSPS) is 11.4. The Hall–Kier alpha value is -1.83. The summed E-state index contributed by atoms with van der Waals surface area (Å²) in [6, 6.07) is 4.55. The Morgan fingerprint density at radius 2 is 2.03 bits per heavy atom. The minimum absolute atomic E-state index is 0.101. The number of ether oxygens (including phenoxy) is 1. The predicted molar refractivity (Wildman–Crippen MR) is 116 cm³/mol. The van der Waals surface area contributed by atoms with Crippen LogP contribution < -0.4 is 10.6 Å². The second-order valence-electron chi connectivity index (χ2n) is 5.85. The summed E-state index contributed by atoms with van der Waals surface area (Å²) in [5, 5.41) is 15.8. The monoisotopic (exact) mass is 507 g/mol. The van der Waals surface area contributed by atoms with Gasteiger partial charge in [0.25, 0.3) is 0 Å². The topological polar surface area (TPSA) is 123 Å². The minimum Gasteiger partial charge on any atom is -0.377 e. The van der Waals surface area contributed by atoms with Gasteiger partial charge >= 0.3 is 6.03 Å². The van der Waals surface area contributed by atoms with E-state index in [0.29, 0.717) is 20.7 Å². The molecule has 14 heteroatoms. The van der Waals surface area contributed by atoms with Crippen molar-refractivity contribution in [3.05, 3.63) is 49.9 Å². The van der Waals surface area contributed by atoms with E-state index >= 15 is 0 Å². The van der Waals surface area contributed by atoms with Crippen LogP contribution in [0.3, 0.4) is 0 Å². The molecule has 0 saturated heterocycles. The Morgan fingerprint density at radius 3 is 2.77 bits per heavy atom. The molecule has 160 valence electrons. The van der Waals surface area contributed by atoms with Crippen LogP contribution in [0, 0.1) is 0 Å². The number of sulfone groups is 1. The van der Waals surface area contributed by atoms with Crippen molar-refractivity contribution < 1.29 is 17.9 Å². The van der Waals surface area contributed by atoms with Gasteiger partial charge in [-0.1, -0.05) is 40.6 Å². The molecule has 3 aromatic rings. The van der Waals surface area contributed by atoms with Crippen molar-refractivity contribution in [2.45, 2.75) is 23.2 Å². The third-order valence-electron chi connectivity index (χ3n) is 3.53. The van der Waals surface area contributed by atoms with E-state index in [1.807, 2.05) is 0 Å². The minimum atomic E-state index is -3.70. The maximum atomic E-state index is 12.5. The van der Waals surface area contributed by atoms with Gasteiger partial charge in [0.15, 0.2) is 5.13 Å². The first-order valence-electron chi connectivity index (χ1n) is 8.24. The van der Waals surface area contributed by atoms with Crippen molar-refractivity contribution in [3.8, 4) is 0 Å². The summed E-state index contributed by atoms with van der Waals surface area (Å²) in [7, 11) is -2.21. The third kappa shape index (κ3) is 6.09. The molecule has 2 amide bonds. The highest BCUT2D eigenvalue weighted by atomic mass is 35.5. The summed E-state index contributed by atoms with van der Waals surface area (Å²) in [6.45, 7) is 0.422. The van der Waals surface area contributed by atoms with Crippen LogP contribution in [-0.2, 0) is 33.5 Å². The van der Waals surface area contributed by atoms with Gasteiger partial charge in [0, 0.05) is 19.0 Å². The van der Waals surface area contributed by atoms with Gasteiger partial charge in [-0.15, -0.1) is 21.5 Å². The molecule has 0 fully saturated rings. The van der Waals surface area contributed by atoms with Crippen molar-refractivity contribution >= 4 is 66.9 Å². The number of urea groups is 1. The van der Waals surface area contributed by atoms with Crippen molar-refractivity contribution in [2.24, 2.45) is 0 Å². The molecular formula is C16H15Cl2N5O4S3. The van der Waals surface area contributed by atoms with Crippen LogP contribution in [0.25, 0.3) is 0 Å². The van der Waals surface area contributed by atoms with E-state index in [2.05, 4.69) is 25.8 Å². The van der Waals surface area contributed by atoms with Crippen LogP contribution in [0.5, 0.6) is 0 Å². The molecule has 9 nitrogen and oxygen atoms in total. The van der Waals surface area contributed by atoms with Crippen molar-refractivity contribution in [3.63, 3.8) is 0 Å². The van der Waals surface area contributed by atoms with E-state index in [9.17, 15) is 13.2 Å². The Morgan fingerprint density at radius 1 is 1.23 bits per heavy atom. The lowest BCUT2D eigenvalue weighted by Gasteiger charge is -2.06. The number of carbonyl (C=O) groups is 1. The second-order valence-corrected chi connectivity index (χ2v) is 10.8. The highest BCUT2D eigenvalue weighted by molar-refractivity contribution is 7.92. The molecule has 0 saturated carbocycles. The van der Waals surface area contributed by atoms with Crippen molar-refractivity contribution in [1.29, 1.82) is 0 Å². The van der Waals surface area contributed by atoms with E-state index in [1.165, 1.54) is 7.11 Å². The van der Waals surface area contributed by atoms with E-state index in [-0.39, 0.29) is 28.4 Å². The maximum absolute atomic E-state index is 12.5. The second kappa shape index (κ2) is 9.98. The zero-order valence-corrected chi connectivity index (χ0v) is 19.3. The largest absolute Gasteiger partial charge is 0.377 e. The van der Waals surface area contributed by atoms with Gasteiger partial charge < -0.3 is 10.1 Å². The van der Waals surface area contributed by atoms with Crippen LogP contribution in [-0.4, -0.2) is 36.7 Å². The highest BCUT2D eigenvalue weighted by Crippen LogP contribution is 2.24. The Kier molecular flexibility index (Phi) is 7.60. The number of thiazole rings is 1. The summed E-state index contributed by atoms with van der Waals surface area (Å²) in [5.41, 5.74) is 1.07. The zero-order chi connectivity index (χ0) is 21.7. The Bertz CT molecular complexity index is 1150. The lowest BCUT2D eigenvalue weighted by molar-refractivity contribution is 0.184. The number of rotatable bonds is 8. The van der Waals surface area contributed by atoms with Gasteiger partial charge in [-0.05, 0) is 17.7 Å². The fourth-order valence-corrected chi connectivity index (χ4v) is 5.68. The Balaban J connectivity index is 1.56. The SMILES string of the molecule is COCc1nnc(S(=O)(=O)Cc2csc(NC(=O)NCc3ccc(Cl)c(Cl)c3)n2)s1. The summed E-state index contributed by atoms with van der Waals surface area (Å²) in [4.78, 5) is 16.2. The molecule has 2 aromatic heterocycles. The molecule has 0 aliphatic rings. The molecule has 1 aromatic carbocycles. The standard InChI is InChI=1S/C16H15Cl2N5O4S3/c1-27-6-13-22-23-16(29-13)30(25,26)8-10-7-28-15(20-10)21-14(24)19-5-9-2-3-11(17)12(18)4-9/h2-4,7H,5-6,8H2,1H3,(H2,19,20,21,24). The van der Waals surface area contributed by atoms with E-state index in [4.69, 9.17) is 27.9 Å². The number of hydrogen-bond donors (Lipinski definition) is 2. The maximum Gasteiger partial charge on any atom is 0.321 e. The van der Waals surface area contributed by atoms with Gasteiger partial charge in [-0.2, -0.15) is 0 Å². The number of aromatic nitrogens is 3. The number of carbonyl (C=O) groups excluding carboxylic acids is 1. The molecule has 0 aliphatic heterocycles. The summed E-state index contributed by atoms with van der Waals surface area (Å²) in [5.74, 6) is -0.350. The van der Waals surface area contributed by atoms with Crippen LogP contribution in [0.4, 0.5) is 9.93 Å².